The summed E-state index contributed by atoms with van der Waals surface area (Å²) in [6.45, 7) is 0. The molecule has 2 aromatic rings. The standard InChI is InChI=1S/C10H10N2O/c11-12-9-5-6-10(13)8-4-2-1-3-7(8)9/h1-6,12-13H,11H2. The number of hydrogen-bond acceptors (Lipinski definition) is 3. The van der Waals surface area contributed by atoms with Crippen molar-refractivity contribution in [1.82, 2.24) is 0 Å². The molecule has 0 atom stereocenters. The molecule has 66 valence electrons. The number of nitrogens with one attached hydrogen (secondary N) is 1. The second-order valence-corrected chi connectivity index (χ2v) is 2.82. The van der Waals surface area contributed by atoms with Gasteiger partial charge in [-0.1, -0.05) is 24.3 Å². The minimum absolute atomic E-state index is 0.273. The van der Waals surface area contributed by atoms with Crippen molar-refractivity contribution in [1.29, 1.82) is 0 Å². The van der Waals surface area contributed by atoms with Crippen molar-refractivity contribution in [3.05, 3.63) is 36.4 Å². The van der Waals surface area contributed by atoms with Gasteiger partial charge in [-0.3, -0.25) is 5.84 Å². The number of fused-ring (bicyclic) bond motifs is 1. The molecule has 0 saturated heterocycles. The molecule has 2 rings (SSSR count). The average molecular weight is 174 g/mol. The monoisotopic (exact) mass is 174 g/mol. The van der Waals surface area contributed by atoms with Crippen molar-refractivity contribution in [2.24, 2.45) is 5.84 Å². The predicted molar refractivity (Wildman–Crippen MR) is 53.4 cm³/mol. The Balaban J connectivity index is 2.84. The fraction of sp³-hybridized carbons (Fsp3) is 0. The number of benzene rings is 2. The molecule has 0 aliphatic carbocycles. The first-order valence-corrected chi connectivity index (χ1v) is 4.00. The van der Waals surface area contributed by atoms with Crippen LogP contribution in [-0.4, -0.2) is 5.11 Å². The lowest BCUT2D eigenvalue weighted by atomic mass is 10.1. The van der Waals surface area contributed by atoms with Crippen molar-refractivity contribution in [3.63, 3.8) is 0 Å². The molecule has 3 heteroatoms. The summed E-state index contributed by atoms with van der Waals surface area (Å²) in [7, 11) is 0. The summed E-state index contributed by atoms with van der Waals surface area (Å²) in [5, 5.41) is 11.2. The van der Waals surface area contributed by atoms with Crippen molar-refractivity contribution < 1.29 is 5.11 Å². The molecule has 0 heterocycles. The number of aromatic hydroxyl groups is 1. The Bertz CT molecular complexity index is 440. The smallest absolute Gasteiger partial charge is 0.123 e. The Morgan fingerprint density at radius 3 is 2.38 bits per heavy atom. The number of nitrogens with two attached hydrogens (primary N) is 1. The van der Waals surface area contributed by atoms with Gasteiger partial charge >= 0.3 is 0 Å². The maximum atomic E-state index is 9.52. The Morgan fingerprint density at radius 1 is 1.00 bits per heavy atom. The molecule has 2 aromatic carbocycles. The van der Waals surface area contributed by atoms with Gasteiger partial charge in [-0.05, 0) is 12.1 Å². The summed E-state index contributed by atoms with van der Waals surface area (Å²) in [5.74, 6) is 5.61. The lowest BCUT2D eigenvalue weighted by Crippen LogP contribution is -2.06. The highest BCUT2D eigenvalue weighted by molar-refractivity contribution is 5.97. The largest absolute Gasteiger partial charge is 0.507 e. The lowest BCUT2D eigenvalue weighted by molar-refractivity contribution is 0.481. The summed E-state index contributed by atoms with van der Waals surface area (Å²) in [6, 6.07) is 10.9. The fourth-order valence-corrected chi connectivity index (χ4v) is 1.41. The van der Waals surface area contributed by atoms with Crippen LogP contribution in [0, 0.1) is 0 Å². The van der Waals surface area contributed by atoms with E-state index in [9.17, 15) is 5.11 Å². The van der Waals surface area contributed by atoms with Crippen LogP contribution in [0.3, 0.4) is 0 Å². The molecule has 0 fully saturated rings. The first-order chi connectivity index (χ1) is 6.33. The number of nitrogen functional groups attached to an aromatic ring is 1. The van der Waals surface area contributed by atoms with Crippen LogP contribution in [-0.2, 0) is 0 Å². The molecule has 0 aliphatic heterocycles. The van der Waals surface area contributed by atoms with Crippen LogP contribution in [0.5, 0.6) is 5.75 Å². The van der Waals surface area contributed by atoms with Gasteiger partial charge in [0.15, 0.2) is 0 Å². The third-order valence-electron chi connectivity index (χ3n) is 2.06. The van der Waals surface area contributed by atoms with Gasteiger partial charge < -0.3 is 10.5 Å². The average Bonchev–Trinajstić information content (AvgIpc) is 2.19. The molecule has 13 heavy (non-hydrogen) atoms. The first kappa shape index (κ1) is 7.89. The van der Waals surface area contributed by atoms with Gasteiger partial charge in [-0.2, -0.15) is 0 Å². The minimum Gasteiger partial charge on any atom is -0.507 e. The van der Waals surface area contributed by atoms with Crippen molar-refractivity contribution in [2.45, 2.75) is 0 Å². The number of hydrogen-bond donors (Lipinski definition) is 3. The van der Waals surface area contributed by atoms with Gasteiger partial charge in [-0.25, -0.2) is 0 Å². The molecule has 0 aromatic heterocycles. The van der Waals surface area contributed by atoms with E-state index in [1.165, 1.54) is 0 Å². The molecule has 0 unspecified atom stereocenters. The van der Waals surface area contributed by atoms with Crippen LogP contribution in [0.4, 0.5) is 5.69 Å². The van der Waals surface area contributed by atoms with Crippen molar-refractivity contribution in [2.75, 3.05) is 5.43 Å². The van der Waals surface area contributed by atoms with E-state index in [0.29, 0.717) is 0 Å². The topological polar surface area (TPSA) is 58.3 Å². The van der Waals surface area contributed by atoms with Crippen molar-refractivity contribution >= 4 is 16.5 Å². The van der Waals surface area contributed by atoms with E-state index in [-0.39, 0.29) is 5.75 Å². The molecule has 0 radical (unpaired) electrons. The third kappa shape index (κ3) is 1.19. The van der Waals surface area contributed by atoms with E-state index < -0.39 is 0 Å². The van der Waals surface area contributed by atoms with Gasteiger partial charge in [0, 0.05) is 10.8 Å². The first-order valence-electron chi connectivity index (χ1n) is 4.00. The summed E-state index contributed by atoms with van der Waals surface area (Å²) < 4.78 is 0. The lowest BCUT2D eigenvalue weighted by Gasteiger charge is -2.06. The van der Waals surface area contributed by atoms with Crippen LogP contribution in [0.2, 0.25) is 0 Å². The Kier molecular flexibility index (Phi) is 1.79. The zero-order chi connectivity index (χ0) is 9.26. The summed E-state index contributed by atoms with van der Waals surface area (Å²) in [4.78, 5) is 0. The molecule has 0 spiro atoms. The normalized spacial score (nSPS) is 10.2. The zero-order valence-corrected chi connectivity index (χ0v) is 6.99. The molecule has 0 amide bonds. The van der Waals surface area contributed by atoms with Gasteiger partial charge in [0.2, 0.25) is 0 Å². The second-order valence-electron chi connectivity index (χ2n) is 2.82. The number of phenolic OH excluding ortho intramolecular Hbond substituents is 1. The van der Waals surface area contributed by atoms with Crippen LogP contribution in [0.25, 0.3) is 10.8 Å². The van der Waals surface area contributed by atoms with Crippen LogP contribution in [0.1, 0.15) is 0 Å². The molecule has 0 saturated carbocycles. The van der Waals surface area contributed by atoms with Gasteiger partial charge in [0.05, 0.1) is 5.69 Å². The number of phenols is 1. The Hall–Kier alpha value is -1.74. The highest BCUT2D eigenvalue weighted by atomic mass is 16.3. The second kappa shape index (κ2) is 2.95. The highest BCUT2D eigenvalue weighted by Gasteiger charge is 2.02. The Morgan fingerprint density at radius 2 is 1.69 bits per heavy atom. The molecule has 0 bridgehead atoms. The Labute approximate surface area is 75.8 Å². The van der Waals surface area contributed by atoms with Crippen LogP contribution < -0.4 is 11.3 Å². The van der Waals surface area contributed by atoms with E-state index in [1.807, 2.05) is 24.3 Å². The van der Waals surface area contributed by atoms with Crippen molar-refractivity contribution in [3.8, 4) is 5.75 Å². The maximum absolute atomic E-state index is 9.52. The predicted octanol–water partition coefficient (Wildman–Crippen LogP) is 1.83. The SMILES string of the molecule is NNc1ccc(O)c2ccccc12. The number of hydrazine groups is 1. The quantitative estimate of drug-likeness (QED) is 0.351. The number of anilines is 1. The zero-order valence-electron chi connectivity index (χ0n) is 6.99. The van der Waals surface area contributed by atoms with E-state index in [2.05, 4.69) is 5.43 Å². The van der Waals surface area contributed by atoms with E-state index in [0.717, 1.165) is 16.5 Å². The third-order valence-corrected chi connectivity index (χ3v) is 2.06. The number of rotatable bonds is 1. The van der Waals surface area contributed by atoms with Crippen LogP contribution in [0.15, 0.2) is 36.4 Å². The molecular formula is C10H10N2O. The summed E-state index contributed by atoms with van der Waals surface area (Å²) in [5.41, 5.74) is 3.40. The van der Waals surface area contributed by atoms with Gasteiger partial charge in [0.1, 0.15) is 5.75 Å². The molecule has 0 aliphatic rings. The molecule has 3 nitrogen and oxygen atoms in total. The maximum Gasteiger partial charge on any atom is 0.123 e. The minimum atomic E-state index is 0.273. The molecule has 4 N–H and O–H groups in total. The molecular weight excluding hydrogens is 164 g/mol. The highest BCUT2D eigenvalue weighted by Crippen LogP contribution is 2.29. The van der Waals surface area contributed by atoms with Gasteiger partial charge in [0.25, 0.3) is 0 Å². The van der Waals surface area contributed by atoms with E-state index in [1.54, 1.807) is 12.1 Å². The van der Waals surface area contributed by atoms with E-state index >= 15 is 0 Å². The fourth-order valence-electron chi connectivity index (χ4n) is 1.41. The van der Waals surface area contributed by atoms with Crippen LogP contribution >= 0.6 is 0 Å². The summed E-state index contributed by atoms with van der Waals surface area (Å²) >= 11 is 0. The van der Waals surface area contributed by atoms with Gasteiger partial charge in [-0.15, -0.1) is 0 Å². The summed E-state index contributed by atoms with van der Waals surface area (Å²) in [6.07, 6.45) is 0. The van der Waals surface area contributed by atoms with E-state index in [4.69, 9.17) is 5.84 Å².